The molecule has 0 aromatic heterocycles. The highest BCUT2D eigenvalue weighted by molar-refractivity contribution is 5.94. The summed E-state index contributed by atoms with van der Waals surface area (Å²) in [6, 6.07) is 6.31. The van der Waals surface area contributed by atoms with Crippen molar-refractivity contribution in [2.45, 2.75) is 25.6 Å². The molecule has 1 unspecified atom stereocenters. The number of hydrogen-bond acceptors (Lipinski definition) is 4. The van der Waals surface area contributed by atoms with E-state index in [1.165, 1.54) is 0 Å². The molecule has 0 radical (unpaired) electrons. The Bertz CT molecular complexity index is 410. The highest BCUT2D eigenvalue weighted by Gasteiger charge is 2.16. The molecule has 0 spiro atoms. The molecule has 1 heterocycles. The van der Waals surface area contributed by atoms with Crippen LogP contribution in [0.4, 0.5) is 0 Å². The molecule has 1 aliphatic heterocycles. The van der Waals surface area contributed by atoms with E-state index in [9.17, 15) is 9.59 Å². The van der Waals surface area contributed by atoms with Crippen LogP contribution in [0.25, 0.3) is 0 Å². The average Bonchev–Trinajstić information content (AvgIpc) is 2.46. The van der Waals surface area contributed by atoms with E-state index in [1.807, 2.05) is 0 Å². The van der Waals surface area contributed by atoms with Crippen LogP contribution in [-0.4, -0.2) is 25.1 Å². The van der Waals surface area contributed by atoms with E-state index in [0.717, 1.165) is 25.5 Å². The second-order valence-electron chi connectivity index (χ2n) is 4.09. The fourth-order valence-electron chi connectivity index (χ4n) is 1.70. The summed E-state index contributed by atoms with van der Waals surface area (Å²) in [5.74, 6) is -0.346. The van der Waals surface area contributed by atoms with E-state index in [0.29, 0.717) is 17.7 Å². The third-order valence-electron chi connectivity index (χ3n) is 2.73. The first-order valence-corrected chi connectivity index (χ1v) is 5.92. The molecule has 1 amide bonds. The lowest BCUT2D eigenvalue weighted by Crippen LogP contribution is -2.33. The van der Waals surface area contributed by atoms with Crippen LogP contribution in [0.3, 0.4) is 0 Å². The van der Waals surface area contributed by atoms with Crippen molar-refractivity contribution in [3.63, 3.8) is 0 Å². The smallest absolute Gasteiger partial charge is 0.274 e. The predicted octanol–water partition coefficient (Wildman–Crippen LogP) is 1.69. The van der Waals surface area contributed by atoms with E-state index in [4.69, 9.17) is 9.57 Å². The number of amides is 1. The summed E-state index contributed by atoms with van der Waals surface area (Å²) in [6.45, 7) is 0.661. The van der Waals surface area contributed by atoms with Crippen molar-refractivity contribution >= 4 is 12.2 Å². The largest absolute Gasteiger partial charge is 0.350 e. The fourth-order valence-corrected chi connectivity index (χ4v) is 1.70. The van der Waals surface area contributed by atoms with Crippen molar-refractivity contribution < 1.29 is 19.2 Å². The van der Waals surface area contributed by atoms with E-state index < -0.39 is 0 Å². The maximum atomic E-state index is 11.7. The molecule has 1 saturated heterocycles. The molecule has 1 atom stereocenters. The second kappa shape index (κ2) is 6.28. The average molecular weight is 249 g/mol. The van der Waals surface area contributed by atoms with Crippen LogP contribution in [-0.2, 0) is 9.57 Å². The number of carbonyl (C=O) groups is 2. The quantitative estimate of drug-likeness (QED) is 0.651. The van der Waals surface area contributed by atoms with Crippen LogP contribution in [0.1, 0.15) is 40.0 Å². The molecule has 1 aliphatic rings. The summed E-state index contributed by atoms with van der Waals surface area (Å²) in [6.07, 6.45) is 3.21. The minimum Gasteiger partial charge on any atom is -0.350 e. The Kier molecular flexibility index (Phi) is 4.44. The SMILES string of the molecule is O=Cc1ccc(C(=O)NOC2CCCCO2)cc1. The number of hydroxylamine groups is 1. The Balaban J connectivity index is 1.84. The molecule has 0 saturated carbocycles. The Morgan fingerprint density at radius 1 is 1.33 bits per heavy atom. The third kappa shape index (κ3) is 3.38. The summed E-state index contributed by atoms with van der Waals surface area (Å²) >= 11 is 0. The molecular formula is C13H15NO4. The zero-order valence-electron chi connectivity index (χ0n) is 9.93. The zero-order valence-corrected chi connectivity index (χ0v) is 9.93. The number of hydrogen-bond donors (Lipinski definition) is 1. The molecule has 18 heavy (non-hydrogen) atoms. The van der Waals surface area contributed by atoms with Gasteiger partial charge in [-0.2, -0.15) is 0 Å². The van der Waals surface area contributed by atoms with Crippen molar-refractivity contribution in [2.24, 2.45) is 0 Å². The van der Waals surface area contributed by atoms with Gasteiger partial charge in [0.25, 0.3) is 5.91 Å². The van der Waals surface area contributed by atoms with Gasteiger partial charge < -0.3 is 4.74 Å². The molecule has 2 rings (SSSR count). The minimum atomic E-state index is -0.364. The van der Waals surface area contributed by atoms with Crippen molar-refractivity contribution in [3.05, 3.63) is 35.4 Å². The molecular weight excluding hydrogens is 234 g/mol. The highest BCUT2D eigenvalue weighted by Crippen LogP contribution is 2.12. The lowest BCUT2D eigenvalue weighted by atomic mass is 10.1. The Labute approximate surface area is 105 Å². The molecule has 0 aliphatic carbocycles. The van der Waals surface area contributed by atoms with Crippen molar-refractivity contribution in [2.75, 3.05) is 6.61 Å². The van der Waals surface area contributed by atoms with Crippen LogP contribution in [0.5, 0.6) is 0 Å². The summed E-state index contributed by atoms with van der Waals surface area (Å²) in [7, 11) is 0. The third-order valence-corrected chi connectivity index (χ3v) is 2.73. The molecule has 5 nitrogen and oxygen atoms in total. The van der Waals surface area contributed by atoms with Gasteiger partial charge in [-0.05, 0) is 25.0 Å². The number of benzene rings is 1. The molecule has 1 aromatic rings. The van der Waals surface area contributed by atoms with Gasteiger partial charge in [0.15, 0.2) is 6.29 Å². The zero-order chi connectivity index (χ0) is 12.8. The summed E-state index contributed by atoms with van der Waals surface area (Å²) in [4.78, 5) is 27.3. The molecule has 0 bridgehead atoms. The molecule has 1 N–H and O–H groups in total. The molecule has 1 aromatic carbocycles. The number of ether oxygens (including phenoxy) is 1. The van der Waals surface area contributed by atoms with Crippen LogP contribution in [0.2, 0.25) is 0 Å². The first-order valence-electron chi connectivity index (χ1n) is 5.92. The first-order chi connectivity index (χ1) is 8.79. The maximum absolute atomic E-state index is 11.7. The van der Waals surface area contributed by atoms with Crippen LogP contribution in [0, 0.1) is 0 Å². The lowest BCUT2D eigenvalue weighted by molar-refractivity contribution is -0.186. The number of rotatable bonds is 4. The van der Waals surface area contributed by atoms with Gasteiger partial charge in [0, 0.05) is 24.2 Å². The van der Waals surface area contributed by atoms with Crippen molar-refractivity contribution in [3.8, 4) is 0 Å². The fraction of sp³-hybridized carbons (Fsp3) is 0.385. The number of aldehydes is 1. The van der Waals surface area contributed by atoms with E-state index in [-0.39, 0.29) is 12.2 Å². The second-order valence-corrected chi connectivity index (χ2v) is 4.09. The lowest BCUT2D eigenvalue weighted by Gasteiger charge is -2.22. The topological polar surface area (TPSA) is 64.6 Å². The summed E-state index contributed by atoms with van der Waals surface area (Å²) < 4.78 is 5.32. The van der Waals surface area contributed by atoms with Gasteiger partial charge in [-0.15, -0.1) is 0 Å². The van der Waals surface area contributed by atoms with E-state index in [1.54, 1.807) is 24.3 Å². The van der Waals surface area contributed by atoms with Gasteiger partial charge in [0.1, 0.15) is 6.29 Å². The molecule has 5 heteroatoms. The highest BCUT2D eigenvalue weighted by atomic mass is 16.8. The van der Waals surface area contributed by atoms with Gasteiger partial charge in [-0.25, -0.2) is 10.3 Å². The Morgan fingerprint density at radius 3 is 2.72 bits per heavy atom. The van der Waals surface area contributed by atoms with Gasteiger partial charge in [0.05, 0.1) is 0 Å². The summed E-state index contributed by atoms with van der Waals surface area (Å²) in [5.41, 5.74) is 3.33. The van der Waals surface area contributed by atoms with Crippen LogP contribution in [0.15, 0.2) is 24.3 Å². The predicted molar refractivity (Wildman–Crippen MR) is 64.0 cm³/mol. The van der Waals surface area contributed by atoms with Gasteiger partial charge in [-0.1, -0.05) is 12.1 Å². The number of nitrogens with one attached hydrogen (secondary N) is 1. The maximum Gasteiger partial charge on any atom is 0.274 e. The van der Waals surface area contributed by atoms with Crippen LogP contribution < -0.4 is 5.48 Å². The van der Waals surface area contributed by atoms with Crippen LogP contribution >= 0.6 is 0 Å². The molecule has 96 valence electrons. The standard InChI is InChI=1S/C13H15NO4/c15-9-10-4-6-11(7-5-10)13(16)14-18-12-3-1-2-8-17-12/h4-7,9,12H,1-3,8H2,(H,14,16). The number of carbonyl (C=O) groups excluding carboxylic acids is 2. The normalized spacial score (nSPS) is 19.2. The van der Waals surface area contributed by atoms with Gasteiger partial charge >= 0.3 is 0 Å². The van der Waals surface area contributed by atoms with E-state index in [2.05, 4.69) is 5.48 Å². The van der Waals surface area contributed by atoms with Crippen molar-refractivity contribution in [1.82, 2.24) is 5.48 Å². The van der Waals surface area contributed by atoms with Crippen molar-refractivity contribution in [1.29, 1.82) is 0 Å². The summed E-state index contributed by atoms with van der Waals surface area (Å²) in [5, 5.41) is 0. The monoisotopic (exact) mass is 249 g/mol. The Morgan fingerprint density at radius 2 is 2.11 bits per heavy atom. The van der Waals surface area contributed by atoms with Gasteiger partial charge in [0.2, 0.25) is 0 Å². The van der Waals surface area contributed by atoms with E-state index >= 15 is 0 Å². The molecule has 1 fully saturated rings. The van der Waals surface area contributed by atoms with Gasteiger partial charge in [-0.3, -0.25) is 9.59 Å². The Hall–Kier alpha value is -1.72. The minimum absolute atomic E-state index is 0.346. The first kappa shape index (κ1) is 12.7.